The Hall–Kier alpha value is -2.89. The largest absolute Gasteiger partial charge is 0.491 e. The van der Waals surface area contributed by atoms with E-state index in [0.29, 0.717) is 17.1 Å². The number of anilines is 2. The van der Waals surface area contributed by atoms with Gasteiger partial charge < -0.3 is 10.1 Å². The molecule has 1 aliphatic heterocycles. The molecule has 5 nitrogen and oxygen atoms in total. The van der Waals surface area contributed by atoms with Crippen molar-refractivity contribution in [2.75, 3.05) is 23.4 Å². The number of hydrogen-bond acceptors (Lipinski definition) is 3. The maximum Gasteiger partial charge on any atom is 0.244 e. The van der Waals surface area contributed by atoms with Crippen molar-refractivity contribution in [2.24, 2.45) is 0 Å². The maximum atomic E-state index is 12.9. The van der Waals surface area contributed by atoms with E-state index in [-0.39, 0.29) is 37.2 Å². The molecule has 23 heavy (non-hydrogen) atoms. The summed E-state index contributed by atoms with van der Waals surface area (Å²) in [5.74, 6) is -0.337. The van der Waals surface area contributed by atoms with E-state index >= 15 is 0 Å². The van der Waals surface area contributed by atoms with Crippen LogP contribution in [0.3, 0.4) is 0 Å². The van der Waals surface area contributed by atoms with E-state index in [1.165, 1.54) is 29.2 Å². The zero-order valence-electron chi connectivity index (χ0n) is 12.3. The summed E-state index contributed by atoms with van der Waals surface area (Å²) in [4.78, 5) is 25.8. The van der Waals surface area contributed by atoms with Gasteiger partial charge in [0.1, 0.15) is 18.1 Å². The predicted octanol–water partition coefficient (Wildman–Crippen LogP) is 2.58. The zero-order valence-corrected chi connectivity index (χ0v) is 12.3. The number of carbonyl (C=O) groups is 2. The van der Waals surface area contributed by atoms with Crippen molar-refractivity contribution in [3.63, 3.8) is 0 Å². The summed E-state index contributed by atoms with van der Waals surface area (Å²) in [7, 11) is 0. The second-order valence-electron chi connectivity index (χ2n) is 5.10. The molecule has 0 saturated carbocycles. The molecule has 6 heteroatoms. The molecule has 1 heterocycles. The Morgan fingerprint density at radius 3 is 2.70 bits per heavy atom. The molecule has 0 saturated heterocycles. The lowest BCUT2D eigenvalue weighted by molar-refractivity contribution is -0.121. The van der Waals surface area contributed by atoms with Gasteiger partial charge in [0.2, 0.25) is 11.8 Å². The standard InChI is InChI=1S/C17H15FN2O3/c18-12-5-7-13(8-6-12)19-16(21)11-20-14-3-1-2-4-15(14)23-10-9-17(20)22/h1-8H,9-11H2,(H,19,21). The van der Waals surface area contributed by atoms with Crippen molar-refractivity contribution in [1.29, 1.82) is 0 Å². The topological polar surface area (TPSA) is 58.6 Å². The summed E-state index contributed by atoms with van der Waals surface area (Å²) in [5, 5.41) is 2.65. The molecule has 3 rings (SSSR count). The molecule has 0 aliphatic carbocycles. The average molecular weight is 314 g/mol. The number of para-hydroxylation sites is 2. The van der Waals surface area contributed by atoms with E-state index < -0.39 is 0 Å². The van der Waals surface area contributed by atoms with Crippen molar-refractivity contribution < 1.29 is 18.7 Å². The summed E-state index contributed by atoms with van der Waals surface area (Å²) in [5.41, 5.74) is 1.05. The van der Waals surface area contributed by atoms with Gasteiger partial charge in [0.05, 0.1) is 18.7 Å². The Kier molecular flexibility index (Phi) is 4.23. The van der Waals surface area contributed by atoms with Gasteiger partial charge >= 0.3 is 0 Å². The first-order valence-corrected chi connectivity index (χ1v) is 7.21. The Labute approximate surface area is 132 Å². The summed E-state index contributed by atoms with van der Waals surface area (Å²) in [6, 6.07) is 12.5. The molecule has 0 fully saturated rings. The van der Waals surface area contributed by atoms with Gasteiger partial charge in [0, 0.05) is 5.69 Å². The van der Waals surface area contributed by atoms with Crippen LogP contribution in [-0.4, -0.2) is 25.0 Å². The fourth-order valence-electron chi connectivity index (χ4n) is 2.37. The number of ether oxygens (including phenoxy) is 1. The summed E-state index contributed by atoms with van der Waals surface area (Å²) in [6.07, 6.45) is 0.207. The molecule has 0 radical (unpaired) electrons. The molecule has 0 unspecified atom stereocenters. The molecule has 0 bridgehead atoms. The van der Waals surface area contributed by atoms with Crippen LogP contribution in [0.2, 0.25) is 0 Å². The Morgan fingerprint density at radius 1 is 1.17 bits per heavy atom. The Morgan fingerprint density at radius 2 is 1.91 bits per heavy atom. The van der Waals surface area contributed by atoms with Gasteiger partial charge in [-0.3, -0.25) is 14.5 Å². The molecule has 2 aromatic rings. The SMILES string of the molecule is O=C(CN1C(=O)CCOc2ccccc21)Nc1ccc(F)cc1. The normalized spacial score (nSPS) is 13.8. The number of fused-ring (bicyclic) bond motifs is 1. The molecule has 1 N–H and O–H groups in total. The van der Waals surface area contributed by atoms with Crippen molar-refractivity contribution in [1.82, 2.24) is 0 Å². The third-order valence-corrected chi connectivity index (χ3v) is 3.46. The predicted molar refractivity (Wildman–Crippen MR) is 83.9 cm³/mol. The highest BCUT2D eigenvalue weighted by Gasteiger charge is 2.24. The number of amides is 2. The maximum absolute atomic E-state index is 12.9. The van der Waals surface area contributed by atoms with Crippen LogP contribution < -0.4 is 15.0 Å². The number of hydrogen-bond donors (Lipinski definition) is 1. The minimum atomic E-state index is -0.378. The van der Waals surface area contributed by atoms with Crippen molar-refractivity contribution in [2.45, 2.75) is 6.42 Å². The van der Waals surface area contributed by atoms with Gasteiger partial charge in [-0.05, 0) is 36.4 Å². The third-order valence-electron chi connectivity index (χ3n) is 3.46. The van der Waals surface area contributed by atoms with E-state index in [2.05, 4.69) is 5.32 Å². The van der Waals surface area contributed by atoms with Crippen molar-refractivity contribution >= 4 is 23.2 Å². The van der Waals surface area contributed by atoms with Crippen LogP contribution in [0.4, 0.5) is 15.8 Å². The number of carbonyl (C=O) groups excluding carboxylic acids is 2. The molecule has 0 aromatic heterocycles. The minimum absolute atomic E-state index is 0.128. The molecule has 0 atom stereocenters. The first-order valence-electron chi connectivity index (χ1n) is 7.21. The van der Waals surface area contributed by atoms with Gasteiger partial charge in [0.25, 0.3) is 0 Å². The van der Waals surface area contributed by atoms with Gasteiger partial charge in [-0.2, -0.15) is 0 Å². The highest BCUT2D eigenvalue weighted by atomic mass is 19.1. The third kappa shape index (κ3) is 3.48. The number of rotatable bonds is 3. The zero-order chi connectivity index (χ0) is 16.2. The van der Waals surface area contributed by atoms with Crippen molar-refractivity contribution in [3.8, 4) is 5.75 Å². The molecule has 0 spiro atoms. The molecule has 1 aliphatic rings. The molecular formula is C17H15FN2O3. The van der Waals surface area contributed by atoms with Gasteiger partial charge in [-0.1, -0.05) is 12.1 Å². The van der Waals surface area contributed by atoms with Crippen LogP contribution in [-0.2, 0) is 9.59 Å². The summed E-state index contributed by atoms with van der Waals surface area (Å²) < 4.78 is 18.4. The van der Waals surface area contributed by atoms with Crippen LogP contribution in [0.1, 0.15) is 6.42 Å². The van der Waals surface area contributed by atoms with Crippen LogP contribution in [0.25, 0.3) is 0 Å². The Balaban J connectivity index is 1.76. The number of nitrogens with zero attached hydrogens (tertiary/aromatic N) is 1. The molecule has 2 amide bonds. The summed E-state index contributed by atoms with van der Waals surface area (Å²) in [6.45, 7) is 0.155. The van der Waals surface area contributed by atoms with E-state index in [1.54, 1.807) is 18.2 Å². The average Bonchev–Trinajstić information content (AvgIpc) is 2.70. The monoisotopic (exact) mass is 314 g/mol. The van der Waals surface area contributed by atoms with Gasteiger partial charge in [-0.15, -0.1) is 0 Å². The van der Waals surface area contributed by atoms with E-state index in [4.69, 9.17) is 4.74 Å². The quantitative estimate of drug-likeness (QED) is 0.947. The van der Waals surface area contributed by atoms with Crippen LogP contribution >= 0.6 is 0 Å². The molecular weight excluding hydrogens is 299 g/mol. The second-order valence-corrected chi connectivity index (χ2v) is 5.10. The lowest BCUT2D eigenvalue weighted by atomic mass is 10.2. The Bertz CT molecular complexity index is 731. The van der Waals surface area contributed by atoms with Gasteiger partial charge in [-0.25, -0.2) is 4.39 Å². The lowest BCUT2D eigenvalue weighted by Crippen LogP contribution is -2.37. The van der Waals surface area contributed by atoms with Gasteiger partial charge in [0.15, 0.2) is 0 Å². The minimum Gasteiger partial charge on any atom is -0.491 e. The second kappa shape index (κ2) is 6.48. The fourth-order valence-corrected chi connectivity index (χ4v) is 2.37. The molecule has 2 aromatic carbocycles. The van der Waals surface area contributed by atoms with E-state index in [0.717, 1.165) is 0 Å². The van der Waals surface area contributed by atoms with Crippen LogP contribution in [0.5, 0.6) is 5.75 Å². The first kappa shape index (κ1) is 15.0. The number of benzene rings is 2. The smallest absolute Gasteiger partial charge is 0.244 e. The number of halogens is 1. The van der Waals surface area contributed by atoms with Crippen LogP contribution in [0.15, 0.2) is 48.5 Å². The van der Waals surface area contributed by atoms with E-state index in [1.807, 2.05) is 6.07 Å². The number of nitrogens with one attached hydrogen (secondary N) is 1. The van der Waals surface area contributed by atoms with Crippen LogP contribution in [0, 0.1) is 5.82 Å². The molecule has 118 valence electrons. The fraction of sp³-hybridized carbons (Fsp3) is 0.176. The lowest BCUT2D eigenvalue weighted by Gasteiger charge is -2.21. The summed E-state index contributed by atoms with van der Waals surface area (Å²) >= 11 is 0. The first-order chi connectivity index (χ1) is 11.1. The highest BCUT2D eigenvalue weighted by Crippen LogP contribution is 2.30. The van der Waals surface area contributed by atoms with Crippen molar-refractivity contribution in [3.05, 3.63) is 54.3 Å². The van der Waals surface area contributed by atoms with E-state index in [9.17, 15) is 14.0 Å². The highest BCUT2D eigenvalue weighted by molar-refractivity contribution is 6.03.